The van der Waals surface area contributed by atoms with E-state index in [9.17, 15) is 54.4 Å². The smallest absolute Gasteiger partial charge is 0.408 e. The average molecular weight is 578 g/mol. The fourth-order valence-electron chi connectivity index (χ4n) is 3.58. The number of rotatable bonds is 11. The van der Waals surface area contributed by atoms with Crippen LogP contribution in [-0.2, 0) is 31.0 Å². The first kappa shape index (κ1) is 28.0. The van der Waals surface area contributed by atoms with Crippen LogP contribution in [0.15, 0.2) is 0 Å². The van der Waals surface area contributed by atoms with E-state index in [1.165, 1.54) is 0 Å². The zero-order valence-electron chi connectivity index (χ0n) is 21.9. The zero-order chi connectivity index (χ0) is 30.7. The van der Waals surface area contributed by atoms with Crippen molar-refractivity contribution in [3.8, 4) is 0 Å². The van der Waals surface area contributed by atoms with Crippen LogP contribution in [0.1, 0.15) is 41.4 Å². The van der Waals surface area contributed by atoms with E-state index in [0.29, 0.717) is 0 Å². The molecule has 1 aromatic carbocycles. The molecule has 0 aromatic heterocycles. The average Bonchev–Trinajstić information content (AvgIpc) is 3.22. The summed E-state index contributed by atoms with van der Waals surface area (Å²) < 4.78 is 120. The molecule has 214 valence electrons. The topological polar surface area (TPSA) is 171 Å². The van der Waals surface area contributed by atoms with Crippen molar-refractivity contribution in [2.24, 2.45) is 11.8 Å². The lowest BCUT2D eigenvalue weighted by atomic mass is 9.97. The van der Waals surface area contributed by atoms with Crippen LogP contribution in [0.3, 0.4) is 0 Å². The van der Waals surface area contributed by atoms with Gasteiger partial charge in [-0.1, -0.05) is 13.8 Å². The first-order chi connectivity index (χ1) is 18.3. The Labute approximate surface area is 216 Å². The number of aliphatic hydroxyl groups excluding tert-OH is 1. The Morgan fingerprint density at radius 1 is 1.11 bits per heavy atom. The van der Waals surface area contributed by atoms with E-state index in [2.05, 4.69) is 15.4 Å². The zero-order valence-corrected chi connectivity index (χ0v) is 20.7. The van der Waals surface area contributed by atoms with Crippen LogP contribution >= 0.6 is 0 Å². The summed E-state index contributed by atoms with van der Waals surface area (Å²) in [5.41, 5.74) is -4.71. The standard InChI is InChI=1S/C21H26F5N3O8S/c1-8(2)5-11(29-21(33)37-7-10-13(22)15(24)17(26)16(25)14(10)23)19(31)28-12(20(32)38(34,35)36)6-9-3-4-27-18(9)30/h8-9,11-12,20,32H,3-7H2,1-2H3,(H,27,30)(H,28,31)(H,29,33)(H,34,35,36)/i7D2. The summed E-state index contributed by atoms with van der Waals surface area (Å²) in [6.45, 7) is -0.615. The second-order valence-electron chi connectivity index (χ2n) is 8.80. The molecule has 17 heteroatoms. The van der Waals surface area contributed by atoms with E-state index in [-0.39, 0.29) is 19.4 Å². The molecule has 3 amide bonds. The first-order valence-corrected chi connectivity index (χ1v) is 12.5. The Kier molecular flexibility index (Phi) is 9.32. The summed E-state index contributed by atoms with van der Waals surface area (Å²) in [4.78, 5) is 37.3. The van der Waals surface area contributed by atoms with Gasteiger partial charge in [-0.25, -0.2) is 26.7 Å². The van der Waals surface area contributed by atoms with Gasteiger partial charge in [-0.2, -0.15) is 8.42 Å². The van der Waals surface area contributed by atoms with Gasteiger partial charge in [-0.05, 0) is 25.2 Å². The van der Waals surface area contributed by atoms with Gasteiger partial charge in [0.25, 0.3) is 10.1 Å². The molecule has 5 N–H and O–H groups in total. The predicted octanol–water partition coefficient (Wildman–Crippen LogP) is 1.24. The number of aliphatic hydroxyl groups is 1. The lowest BCUT2D eigenvalue weighted by molar-refractivity contribution is -0.126. The van der Waals surface area contributed by atoms with Crippen molar-refractivity contribution < 1.29 is 61.9 Å². The lowest BCUT2D eigenvalue weighted by Gasteiger charge is -2.27. The number of carbonyl (C=O) groups excluding carboxylic acids is 3. The number of benzene rings is 1. The van der Waals surface area contributed by atoms with Crippen LogP contribution in [0.4, 0.5) is 26.7 Å². The van der Waals surface area contributed by atoms with E-state index in [0.717, 1.165) is 0 Å². The van der Waals surface area contributed by atoms with Crippen LogP contribution in [0, 0.1) is 40.9 Å². The minimum absolute atomic E-state index is 0.205. The van der Waals surface area contributed by atoms with Gasteiger partial charge in [0.05, 0.1) is 14.3 Å². The maximum Gasteiger partial charge on any atom is 0.408 e. The number of amides is 3. The fourth-order valence-corrected chi connectivity index (χ4v) is 4.17. The molecule has 4 atom stereocenters. The lowest BCUT2D eigenvalue weighted by Crippen LogP contribution is -2.55. The summed E-state index contributed by atoms with van der Waals surface area (Å²) in [5.74, 6) is -15.8. The molecule has 1 fully saturated rings. The molecule has 0 aliphatic carbocycles. The Morgan fingerprint density at radius 3 is 2.13 bits per heavy atom. The van der Waals surface area contributed by atoms with E-state index >= 15 is 0 Å². The number of ether oxygens (including phenoxy) is 1. The highest BCUT2D eigenvalue weighted by Crippen LogP contribution is 2.24. The fraction of sp³-hybridized carbons (Fsp3) is 0.571. The SMILES string of the molecule is [2H]C([2H])(OC(=O)NC(CC(C)C)C(=O)NC(CC1CCNC1=O)C(O)S(=O)(=O)O)c1c(F)c(F)c(F)c(F)c1F. The molecule has 0 spiro atoms. The third kappa shape index (κ3) is 7.73. The molecule has 38 heavy (non-hydrogen) atoms. The molecule has 1 saturated heterocycles. The predicted molar refractivity (Wildman–Crippen MR) is 118 cm³/mol. The highest BCUT2D eigenvalue weighted by atomic mass is 32.2. The van der Waals surface area contributed by atoms with Crippen molar-refractivity contribution in [1.82, 2.24) is 16.0 Å². The quantitative estimate of drug-likeness (QED) is 0.113. The number of hydrogen-bond acceptors (Lipinski definition) is 7. The molecule has 0 saturated carbocycles. The molecule has 1 aliphatic rings. The Hall–Kier alpha value is -3.05. The maximum atomic E-state index is 14.1. The minimum atomic E-state index is -5.16. The molecule has 2 rings (SSSR count). The largest absolute Gasteiger partial charge is 0.444 e. The van der Waals surface area contributed by atoms with Crippen LogP contribution in [0.25, 0.3) is 0 Å². The Balaban J connectivity index is 2.28. The molecule has 1 aromatic rings. The third-order valence-electron chi connectivity index (χ3n) is 5.45. The second kappa shape index (κ2) is 12.7. The summed E-state index contributed by atoms with van der Waals surface area (Å²) in [6.07, 6.45) is -2.40. The molecule has 1 heterocycles. The molecule has 0 radical (unpaired) electrons. The van der Waals surface area contributed by atoms with Gasteiger partial charge in [0.2, 0.25) is 23.1 Å². The van der Waals surface area contributed by atoms with Gasteiger partial charge < -0.3 is 25.8 Å². The van der Waals surface area contributed by atoms with Crippen LogP contribution in [-0.4, -0.2) is 60.0 Å². The van der Waals surface area contributed by atoms with Crippen LogP contribution < -0.4 is 16.0 Å². The second-order valence-corrected chi connectivity index (χ2v) is 10.3. The molecule has 11 nitrogen and oxygen atoms in total. The third-order valence-corrected chi connectivity index (χ3v) is 6.39. The van der Waals surface area contributed by atoms with Gasteiger partial charge >= 0.3 is 6.09 Å². The molecular formula is C21H26F5N3O8S. The number of nitrogens with one attached hydrogen (secondary N) is 3. The summed E-state index contributed by atoms with van der Waals surface area (Å²) in [6, 6.07) is -3.48. The van der Waals surface area contributed by atoms with Gasteiger partial charge in [-0.15, -0.1) is 0 Å². The number of carbonyl (C=O) groups is 3. The number of halogens is 5. The summed E-state index contributed by atoms with van der Waals surface area (Å²) in [5, 5.41) is 16.5. The van der Waals surface area contributed by atoms with Gasteiger partial charge in [0, 0.05) is 12.5 Å². The van der Waals surface area contributed by atoms with Crippen molar-refractivity contribution in [3.05, 3.63) is 34.6 Å². The van der Waals surface area contributed by atoms with Crippen molar-refractivity contribution in [2.45, 2.75) is 57.2 Å². The van der Waals surface area contributed by atoms with Gasteiger partial charge in [-0.3, -0.25) is 14.1 Å². The van der Waals surface area contributed by atoms with Crippen LogP contribution in [0.5, 0.6) is 0 Å². The number of alkyl carbamates (subject to hydrolysis) is 1. The van der Waals surface area contributed by atoms with E-state index in [1.54, 1.807) is 13.8 Å². The van der Waals surface area contributed by atoms with E-state index < -0.39 is 105 Å². The van der Waals surface area contributed by atoms with Gasteiger partial charge in [0.1, 0.15) is 12.6 Å². The molecule has 4 unspecified atom stereocenters. The van der Waals surface area contributed by atoms with Crippen molar-refractivity contribution in [2.75, 3.05) is 6.54 Å². The maximum absolute atomic E-state index is 14.1. The van der Waals surface area contributed by atoms with Crippen molar-refractivity contribution in [1.29, 1.82) is 0 Å². The Bertz CT molecular complexity index is 1240. The Morgan fingerprint density at radius 2 is 1.66 bits per heavy atom. The van der Waals surface area contributed by atoms with Crippen molar-refractivity contribution >= 4 is 28.0 Å². The summed E-state index contributed by atoms with van der Waals surface area (Å²) in [7, 11) is -5.16. The molecule has 0 bridgehead atoms. The highest BCUT2D eigenvalue weighted by Gasteiger charge is 2.38. The van der Waals surface area contributed by atoms with Crippen molar-refractivity contribution in [3.63, 3.8) is 0 Å². The van der Waals surface area contributed by atoms with E-state index in [4.69, 9.17) is 2.74 Å². The minimum Gasteiger partial charge on any atom is -0.444 e. The first-order valence-electron chi connectivity index (χ1n) is 12.0. The number of hydrogen-bond donors (Lipinski definition) is 5. The van der Waals surface area contributed by atoms with Crippen LogP contribution in [0.2, 0.25) is 0 Å². The molecule has 1 aliphatic heterocycles. The summed E-state index contributed by atoms with van der Waals surface area (Å²) >= 11 is 0. The van der Waals surface area contributed by atoms with E-state index in [1.807, 2.05) is 5.32 Å². The monoisotopic (exact) mass is 577 g/mol. The molecular weight excluding hydrogens is 549 g/mol. The van der Waals surface area contributed by atoms with Gasteiger partial charge in [0.15, 0.2) is 23.3 Å². The highest BCUT2D eigenvalue weighted by molar-refractivity contribution is 7.86. The normalized spacial score (nSPS) is 19.2.